The van der Waals surface area contributed by atoms with Gasteiger partial charge in [0.25, 0.3) is 6.29 Å². The van der Waals surface area contributed by atoms with Crippen molar-refractivity contribution < 1.29 is 42.9 Å². The molecule has 95 heavy (non-hydrogen) atoms. The Morgan fingerprint density at radius 3 is 0.895 bits per heavy atom. The van der Waals surface area contributed by atoms with E-state index in [9.17, 15) is 19.5 Å². The molecule has 0 fully saturated rings. The molecule has 9 nitrogen and oxygen atoms in total. The van der Waals surface area contributed by atoms with E-state index >= 15 is 0 Å². The second-order valence-corrected chi connectivity index (χ2v) is 27.6. The number of esters is 2. The fourth-order valence-electron chi connectivity index (χ4n) is 11.2. The highest BCUT2D eigenvalue weighted by molar-refractivity contribution is 5.71. The summed E-state index contributed by atoms with van der Waals surface area (Å²) in [5.41, 5.74) is 0. The number of carboxylic acids is 1. The van der Waals surface area contributed by atoms with Crippen molar-refractivity contribution >= 4 is 17.9 Å². The predicted molar refractivity (Wildman–Crippen MR) is 410 cm³/mol. The number of nitrogens with zero attached hydrogens (tertiary/aromatic N) is 1. The molecule has 0 heterocycles. The summed E-state index contributed by atoms with van der Waals surface area (Å²) in [5.74, 6) is -1.99. The zero-order valence-electron chi connectivity index (χ0n) is 62.6. The number of rotatable bonds is 73. The van der Waals surface area contributed by atoms with Crippen molar-refractivity contribution in [1.29, 1.82) is 0 Å². The number of hydrogen-bond acceptors (Lipinski definition) is 7. The summed E-state index contributed by atoms with van der Waals surface area (Å²) < 4.78 is 23.0. The van der Waals surface area contributed by atoms with Gasteiger partial charge in [0.2, 0.25) is 0 Å². The van der Waals surface area contributed by atoms with Crippen LogP contribution in [0, 0.1) is 0 Å². The molecule has 0 aliphatic carbocycles. The molecule has 0 amide bonds. The fraction of sp³-hybridized carbons (Fsp3) is 0.733. The second kappa shape index (κ2) is 75.5. The minimum absolute atomic E-state index is 0.183. The zero-order valence-corrected chi connectivity index (χ0v) is 62.6. The molecule has 0 aliphatic rings. The summed E-state index contributed by atoms with van der Waals surface area (Å²) in [4.78, 5) is 37.7. The smallest absolute Gasteiger partial charge is 0.361 e. The SMILES string of the molecule is CC/C=C\C/C=C\C/C=C\C/C=C\C/C=C\C/C=C\C/C=C\CCCCCCCCCCCCCCCCCCCCCC(=O)OC(COC(=O)CCCCCCCCCCCCCCCC/C=C\C/C=C\C/C=C\CCCCCCC)COC(OCC[N+](C)(C)C)C(=O)O. The van der Waals surface area contributed by atoms with Gasteiger partial charge in [-0.2, -0.15) is 0 Å². The van der Waals surface area contributed by atoms with Crippen molar-refractivity contribution in [2.24, 2.45) is 0 Å². The molecular formula is C86H150NO8+. The Morgan fingerprint density at radius 1 is 0.326 bits per heavy atom. The molecule has 9 heteroatoms. The third-order valence-electron chi connectivity index (χ3n) is 17.2. The number of quaternary nitrogens is 1. The summed E-state index contributed by atoms with van der Waals surface area (Å²) in [6, 6.07) is 0. The van der Waals surface area contributed by atoms with Crippen molar-refractivity contribution in [3.8, 4) is 0 Å². The van der Waals surface area contributed by atoms with Gasteiger partial charge in [-0.1, -0.05) is 347 Å². The lowest BCUT2D eigenvalue weighted by Crippen LogP contribution is -2.40. The molecule has 0 aromatic heterocycles. The third-order valence-corrected chi connectivity index (χ3v) is 17.2. The van der Waals surface area contributed by atoms with E-state index in [2.05, 4.69) is 135 Å². The number of carbonyl (C=O) groups is 3. The molecule has 1 N–H and O–H groups in total. The lowest BCUT2D eigenvalue weighted by Gasteiger charge is -2.25. The second-order valence-electron chi connectivity index (χ2n) is 27.6. The van der Waals surface area contributed by atoms with E-state index in [1.165, 1.54) is 225 Å². The Kier molecular flexibility index (Phi) is 72.0. The van der Waals surface area contributed by atoms with Crippen LogP contribution in [0.5, 0.6) is 0 Å². The standard InChI is InChI=1S/C86H149NO8/c1-6-8-10-12-14-16-18-20-22-24-26-28-30-32-34-36-37-38-39-40-41-42-43-44-45-46-47-49-51-53-55-57-59-61-63-65-67-69-71-73-75-77-84(89)95-82(81-94-86(85(90)91)92-79-78-87(3,4)5)80-93-83(88)76-74-72-70-68-66-64-62-60-58-56-54-52-50-48-35-33-31-29-27-25-23-21-19-17-15-13-11-9-7-2/h8,10,14,16,19-22,25-28,31-34,37-38,40-41,82,86H,6-7,9,11-13,15,17-18,23-24,29-30,35-36,39,42-81H2,1-5H3/p+1/b10-8-,16-14-,21-19-,22-20-,27-25-,28-26-,33-31-,34-32-,38-37-,41-40-. The lowest BCUT2D eigenvalue weighted by molar-refractivity contribution is -0.870. The number of likely N-dealkylation sites (N-methyl/N-ethyl adjacent to an activating group) is 1. The fourth-order valence-corrected chi connectivity index (χ4v) is 11.2. The van der Waals surface area contributed by atoms with E-state index in [0.29, 0.717) is 17.4 Å². The van der Waals surface area contributed by atoms with Gasteiger partial charge >= 0.3 is 17.9 Å². The van der Waals surface area contributed by atoms with Crippen molar-refractivity contribution in [3.63, 3.8) is 0 Å². The summed E-state index contributed by atoms with van der Waals surface area (Å²) >= 11 is 0. The lowest BCUT2D eigenvalue weighted by atomic mass is 10.0. The van der Waals surface area contributed by atoms with Crippen LogP contribution in [0.4, 0.5) is 0 Å². The normalized spacial score (nSPS) is 13.3. The predicted octanol–water partition coefficient (Wildman–Crippen LogP) is 25.5. The zero-order chi connectivity index (χ0) is 69.0. The number of aliphatic carboxylic acids is 1. The molecule has 0 rings (SSSR count). The number of ether oxygens (including phenoxy) is 4. The van der Waals surface area contributed by atoms with Crippen LogP contribution in [-0.4, -0.2) is 87.4 Å². The Hall–Kier alpha value is -4.31. The molecule has 0 aromatic rings. The van der Waals surface area contributed by atoms with Crippen LogP contribution in [0.2, 0.25) is 0 Å². The Bertz CT molecular complexity index is 1980. The van der Waals surface area contributed by atoms with Gasteiger partial charge in [0.05, 0.1) is 34.4 Å². The van der Waals surface area contributed by atoms with Crippen LogP contribution in [0.1, 0.15) is 348 Å². The highest BCUT2D eigenvalue weighted by Crippen LogP contribution is 2.18. The first-order chi connectivity index (χ1) is 46.6. The van der Waals surface area contributed by atoms with E-state index in [0.717, 1.165) is 96.3 Å². The number of hydrogen-bond donors (Lipinski definition) is 1. The van der Waals surface area contributed by atoms with E-state index in [-0.39, 0.29) is 32.2 Å². The monoisotopic (exact) mass is 1330 g/mol. The number of carboxylic acid groups (broad SMARTS) is 1. The number of allylic oxidation sites excluding steroid dienone is 20. The van der Waals surface area contributed by atoms with Gasteiger partial charge in [0.1, 0.15) is 13.2 Å². The van der Waals surface area contributed by atoms with E-state index < -0.39 is 24.3 Å². The van der Waals surface area contributed by atoms with Crippen LogP contribution in [0.25, 0.3) is 0 Å². The summed E-state index contributed by atoms with van der Waals surface area (Å²) in [7, 11) is 5.99. The number of carbonyl (C=O) groups excluding carboxylic acids is 2. The van der Waals surface area contributed by atoms with Crippen molar-refractivity contribution in [2.75, 3.05) is 47.5 Å². The van der Waals surface area contributed by atoms with Crippen molar-refractivity contribution in [2.45, 2.75) is 360 Å². The van der Waals surface area contributed by atoms with Gasteiger partial charge in [-0.15, -0.1) is 0 Å². The molecule has 0 radical (unpaired) electrons. The van der Waals surface area contributed by atoms with Crippen LogP contribution >= 0.6 is 0 Å². The average Bonchev–Trinajstić information content (AvgIpc) is 3.54. The maximum absolute atomic E-state index is 13.0. The minimum Gasteiger partial charge on any atom is -0.477 e. The van der Waals surface area contributed by atoms with Crippen molar-refractivity contribution in [3.05, 3.63) is 122 Å². The molecule has 2 atom stereocenters. The Labute approximate surface area is 587 Å². The van der Waals surface area contributed by atoms with E-state index in [1.54, 1.807) is 0 Å². The Morgan fingerprint density at radius 2 is 0.600 bits per heavy atom. The first-order valence-electron chi connectivity index (χ1n) is 39.7. The third kappa shape index (κ3) is 76.9. The minimum atomic E-state index is -1.52. The van der Waals surface area contributed by atoms with Gasteiger partial charge in [-0.05, 0) is 109 Å². The highest BCUT2D eigenvalue weighted by Gasteiger charge is 2.25. The van der Waals surface area contributed by atoms with Gasteiger partial charge < -0.3 is 28.5 Å². The van der Waals surface area contributed by atoms with E-state index in [1.807, 2.05) is 21.1 Å². The maximum atomic E-state index is 13.0. The first-order valence-corrected chi connectivity index (χ1v) is 39.7. The summed E-state index contributed by atoms with van der Waals surface area (Å²) in [5, 5.41) is 9.77. The number of unbranched alkanes of at least 4 members (excludes halogenated alkanes) is 38. The van der Waals surface area contributed by atoms with Crippen molar-refractivity contribution in [1.82, 2.24) is 0 Å². The summed E-state index contributed by atoms with van der Waals surface area (Å²) in [6.07, 6.45) is 105. The van der Waals surface area contributed by atoms with Crippen LogP contribution in [0.15, 0.2) is 122 Å². The Balaban J connectivity index is 4.02. The first kappa shape index (κ1) is 90.7. The van der Waals surface area contributed by atoms with Crippen LogP contribution in [0.3, 0.4) is 0 Å². The molecule has 0 aliphatic heterocycles. The van der Waals surface area contributed by atoms with Gasteiger partial charge in [0.15, 0.2) is 6.10 Å². The maximum Gasteiger partial charge on any atom is 0.361 e. The van der Waals surface area contributed by atoms with Crippen LogP contribution < -0.4 is 0 Å². The molecule has 546 valence electrons. The molecule has 2 unspecified atom stereocenters. The van der Waals surface area contributed by atoms with E-state index in [4.69, 9.17) is 18.9 Å². The molecule has 0 spiro atoms. The average molecular weight is 1330 g/mol. The highest BCUT2D eigenvalue weighted by atomic mass is 16.7. The quantitative estimate of drug-likeness (QED) is 0.0211. The van der Waals surface area contributed by atoms with Crippen LogP contribution in [-0.2, 0) is 33.3 Å². The molecule has 0 saturated heterocycles. The summed E-state index contributed by atoms with van der Waals surface area (Å²) in [6.45, 7) is 4.79. The largest absolute Gasteiger partial charge is 0.477 e. The topological polar surface area (TPSA) is 108 Å². The van der Waals surface area contributed by atoms with Gasteiger partial charge in [-0.3, -0.25) is 9.59 Å². The molecule has 0 saturated carbocycles. The molecule has 0 aromatic carbocycles. The molecule has 0 bridgehead atoms. The van der Waals surface area contributed by atoms with Gasteiger partial charge in [0, 0.05) is 12.8 Å². The van der Waals surface area contributed by atoms with Gasteiger partial charge in [-0.25, -0.2) is 4.79 Å². The molecular weight excluding hydrogens is 1170 g/mol.